The number of carbonyl (C=O) groups excluding carboxylic acids is 1. The molecule has 0 atom stereocenters. The standard InChI is InChI=1S/C14H17NO4/c1-14(6-8-19-9-7-14)15-12(16)10-4-2-3-5-11(10)13(17)18/h2-5H,6-9H2,1H3,(H,15,16)(H,17,18). The highest BCUT2D eigenvalue weighted by molar-refractivity contribution is 6.04. The Kier molecular flexibility index (Phi) is 3.85. The van der Waals surface area contributed by atoms with Crippen molar-refractivity contribution in [3.8, 4) is 0 Å². The maximum atomic E-state index is 12.2. The molecule has 1 heterocycles. The van der Waals surface area contributed by atoms with E-state index in [0.29, 0.717) is 13.2 Å². The average Bonchev–Trinajstić information content (AvgIpc) is 2.39. The van der Waals surface area contributed by atoms with Crippen LogP contribution < -0.4 is 5.32 Å². The zero-order chi connectivity index (χ0) is 13.9. The second-order valence-corrected chi connectivity index (χ2v) is 4.98. The molecule has 1 aromatic carbocycles. The van der Waals surface area contributed by atoms with Gasteiger partial charge in [-0.1, -0.05) is 12.1 Å². The first-order valence-electron chi connectivity index (χ1n) is 6.24. The summed E-state index contributed by atoms with van der Waals surface area (Å²) in [5, 5.41) is 12.0. The number of hydrogen-bond donors (Lipinski definition) is 2. The van der Waals surface area contributed by atoms with Gasteiger partial charge in [0, 0.05) is 18.8 Å². The monoisotopic (exact) mass is 263 g/mol. The van der Waals surface area contributed by atoms with Crippen LogP contribution in [0.15, 0.2) is 24.3 Å². The lowest BCUT2D eigenvalue weighted by atomic mass is 9.92. The molecule has 1 saturated heterocycles. The Labute approximate surface area is 111 Å². The summed E-state index contributed by atoms with van der Waals surface area (Å²) in [5.41, 5.74) is -0.112. The second kappa shape index (κ2) is 5.40. The fourth-order valence-corrected chi connectivity index (χ4v) is 2.16. The molecule has 0 unspecified atom stereocenters. The highest BCUT2D eigenvalue weighted by Crippen LogP contribution is 2.21. The number of hydrogen-bond acceptors (Lipinski definition) is 3. The number of rotatable bonds is 3. The largest absolute Gasteiger partial charge is 0.478 e. The molecule has 0 radical (unpaired) electrons. The van der Waals surface area contributed by atoms with Gasteiger partial charge in [0.15, 0.2) is 0 Å². The summed E-state index contributed by atoms with van der Waals surface area (Å²) in [6.07, 6.45) is 1.46. The zero-order valence-corrected chi connectivity index (χ0v) is 10.8. The third-order valence-electron chi connectivity index (χ3n) is 3.41. The van der Waals surface area contributed by atoms with Crippen LogP contribution in [0.25, 0.3) is 0 Å². The van der Waals surface area contributed by atoms with Crippen LogP contribution in [0.5, 0.6) is 0 Å². The molecule has 5 heteroatoms. The number of carbonyl (C=O) groups is 2. The number of benzene rings is 1. The molecular weight excluding hydrogens is 246 g/mol. The molecule has 1 fully saturated rings. The molecule has 2 rings (SSSR count). The summed E-state index contributed by atoms with van der Waals surface area (Å²) < 4.78 is 5.27. The first-order valence-corrected chi connectivity index (χ1v) is 6.24. The van der Waals surface area contributed by atoms with Crippen LogP contribution in [0.2, 0.25) is 0 Å². The van der Waals surface area contributed by atoms with E-state index in [2.05, 4.69) is 5.32 Å². The Morgan fingerprint density at radius 2 is 1.79 bits per heavy atom. The van der Waals surface area contributed by atoms with Gasteiger partial charge in [0.05, 0.1) is 11.1 Å². The van der Waals surface area contributed by atoms with Crippen molar-refractivity contribution in [1.29, 1.82) is 0 Å². The molecule has 1 amide bonds. The Hall–Kier alpha value is -1.88. The van der Waals surface area contributed by atoms with Crippen LogP contribution in [0.1, 0.15) is 40.5 Å². The summed E-state index contributed by atoms with van der Waals surface area (Å²) in [5.74, 6) is -1.44. The molecule has 1 aliphatic rings. The lowest BCUT2D eigenvalue weighted by molar-refractivity contribution is 0.0420. The Morgan fingerprint density at radius 1 is 1.21 bits per heavy atom. The van der Waals surface area contributed by atoms with Crippen LogP contribution in [-0.2, 0) is 4.74 Å². The number of carboxylic acids is 1. The van der Waals surface area contributed by atoms with Crippen LogP contribution in [-0.4, -0.2) is 35.7 Å². The number of carboxylic acid groups (broad SMARTS) is 1. The first-order chi connectivity index (χ1) is 9.02. The van der Waals surface area contributed by atoms with E-state index in [1.807, 2.05) is 6.92 Å². The van der Waals surface area contributed by atoms with Crippen molar-refractivity contribution in [3.63, 3.8) is 0 Å². The molecule has 102 valence electrons. The van der Waals surface area contributed by atoms with E-state index in [0.717, 1.165) is 12.8 Å². The predicted molar refractivity (Wildman–Crippen MR) is 69.3 cm³/mol. The van der Waals surface area contributed by atoms with E-state index in [1.54, 1.807) is 12.1 Å². The van der Waals surface area contributed by atoms with Gasteiger partial charge < -0.3 is 15.2 Å². The fourth-order valence-electron chi connectivity index (χ4n) is 2.16. The second-order valence-electron chi connectivity index (χ2n) is 4.98. The van der Waals surface area contributed by atoms with Crippen LogP contribution in [0.3, 0.4) is 0 Å². The molecule has 1 aliphatic heterocycles. The van der Waals surface area contributed by atoms with Crippen molar-refractivity contribution in [2.75, 3.05) is 13.2 Å². The van der Waals surface area contributed by atoms with Gasteiger partial charge in [0.1, 0.15) is 0 Å². The lowest BCUT2D eigenvalue weighted by Crippen LogP contribution is -2.49. The quantitative estimate of drug-likeness (QED) is 0.870. The van der Waals surface area contributed by atoms with Crippen molar-refractivity contribution in [2.45, 2.75) is 25.3 Å². The number of nitrogens with one attached hydrogen (secondary N) is 1. The van der Waals surface area contributed by atoms with Crippen LogP contribution in [0, 0.1) is 0 Å². The van der Waals surface area contributed by atoms with Gasteiger partial charge in [-0.05, 0) is 31.9 Å². The SMILES string of the molecule is CC1(NC(=O)c2ccccc2C(=O)O)CCOCC1. The van der Waals surface area contributed by atoms with Crippen molar-refractivity contribution in [3.05, 3.63) is 35.4 Å². The number of ether oxygens (including phenoxy) is 1. The number of aromatic carboxylic acids is 1. The van der Waals surface area contributed by atoms with Gasteiger partial charge in [-0.25, -0.2) is 4.79 Å². The van der Waals surface area contributed by atoms with E-state index in [-0.39, 0.29) is 22.6 Å². The molecular formula is C14H17NO4. The van der Waals surface area contributed by atoms with Gasteiger partial charge in [0.2, 0.25) is 0 Å². The highest BCUT2D eigenvalue weighted by atomic mass is 16.5. The molecule has 0 bridgehead atoms. The molecule has 19 heavy (non-hydrogen) atoms. The van der Waals surface area contributed by atoms with E-state index in [4.69, 9.17) is 9.84 Å². The third kappa shape index (κ3) is 3.12. The smallest absolute Gasteiger partial charge is 0.336 e. The molecule has 2 N–H and O–H groups in total. The summed E-state index contributed by atoms with van der Waals surface area (Å²) in [6.45, 7) is 3.17. The molecule has 0 spiro atoms. The van der Waals surface area contributed by atoms with E-state index >= 15 is 0 Å². The maximum Gasteiger partial charge on any atom is 0.336 e. The van der Waals surface area contributed by atoms with Crippen molar-refractivity contribution in [1.82, 2.24) is 5.32 Å². The Morgan fingerprint density at radius 3 is 2.37 bits per heavy atom. The Balaban J connectivity index is 2.18. The van der Waals surface area contributed by atoms with Gasteiger partial charge in [-0.15, -0.1) is 0 Å². The highest BCUT2D eigenvalue weighted by Gasteiger charge is 2.30. The predicted octanol–water partition coefficient (Wildman–Crippen LogP) is 1.68. The van der Waals surface area contributed by atoms with Crippen molar-refractivity contribution in [2.24, 2.45) is 0 Å². The van der Waals surface area contributed by atoms with Crippen molar-refractivity contribution >= 4 is 11.9 Å². The zero-order valence-electron chi connectivity index (χ0n) is 10.8. The Bertz CT molecular complexity index is 492. The van der Waals surface area contributed by atoms with E-state index < -0.39 is 5.97 Å². The summed E-state index contributed by atoms with van der Waals surface area (Å²) in [6, 6.07) is 6.23. The van der Waals surface area contributed by atoms with Gasteiger partial charge in [-0.3, -0.25) is 4.79 Å². The normalized spacial score (nSPS) is 17.7. The lowest BCUT2D eigenvalue weighted by Gasteiger charge is -2.34. The topological polar surface area (TPSA) is 75.6 Å². The average molecular weight is 263 g/mol. The summed E-state index contributed by atoms with van der Waals surface area (Å²) >= 11 is 0. The number of amides is 1. The van der Waals surface area contributed by atoms with Crippen LogP contribution >= 0.6 is 0 Å². The van der Waals surface area contributed by atoms with Crippen LogP contribution in [0.4, 0.5) is 0 Å². The summed E-state index contributed by atoms with van der Waals surface area (Å²) in [7, 11) is 0. The molecule has 1 aromatic rings. The van der Waals surface area contributed by atoms with Gasteiger partial charge in [0.25, 0.3) is 5.91 Å². The molecule has 5 nitrogen and oxygen atoms in total. The minimum absolute atomic E-state index is 0.0238. The van der Waals surface area contributed by atoms with E-state index in [9.17, 15) is 9.59 Å². The first kappa shape index (κ1) is 13.5. The van der Waals surface area contributed by atoms with Gasteiger partial charge >= 0.3 is 5.97 Å². The summed E-state index contributed by atoms with van der Waals surface area (Å²) in [4.78, 5) is 23.3. The molecule has 0 aromatic heterocycles. The third-order valence-corrected chi connectivity index (χ3v) is 3.41. The van der Waals surface area contributed by atoms with Gasteiger partial charge in [-0.2, -0.15) is 0 Å². The molecule has 0 aliphatic carbocycles. The minimum Gasteiger partial charge on any atom is -0.478 e. The minimum atomic E-state index is -1.09. The molecule has 0 saturated carbocycles. The fraction of sp³-hybridized carbons (Fsp3) is 0.429. The van der Waals surface area contributed by atoms with E-state index in [1.165, 1.54) is 12.1 Å². The van der Waals surface area contributed by atoms with Crippen molar-refractivity contribution < 1.29 is 19.4 Å². The maximum absolute atomic E-state index is 12.2.